The molecule has 3 aromatic heterocycles. The van der Waals surface area contributed by atoms with Gasteiger partial charge in [0.1, 0.15) is 73.4 Å². The number of esters is 2. The number of methoxy groups -OCH3 is 6. The van der Waals surface area contributed by atoms with Crippen LogP contribution < -0.4 is 18.9 Å². The van der Waals surface area contributed by atoms with Gasteiger partial charge in [-0.15, -0.1) is 0 Å². The van der Waals surface area contributed by atoms with Gasteiger partial charge in [0.15, 0.2) is 12.6 Å². The molecule has 0 saturated carbocycles. The van der Waals surface area contributed by atoms with E-state index in [0.717, 1.165) is 33.6 Å². The molecule has 0 radical (unpaired) electrons. The molecule has 0 fully saturated rings. The molecule has 9 aromatic rings. The standard InChI is InChI=1S/C10H8BrFN2O2.C9H6BrFN2O2.C9H6FNO2.C9H7N3O.C8H6BrFO2.C7H6BrFO/c1-14-6-4-3-5(10(15)16-2)8(12)7(6)9(11)13-14;1-15-9(14)4-2-3-5-6(7(4)11)8(10)13-12-5;1-13-9-3-8(10)7(5-12)2-6(9)4-11;1-13-9-3-8-7(5-11-12-8)2-6(9)4-10;1-12-8-3-7(10)5(4-11)2-6(8)9;1-10-7-4-5(9)2-3-6(7)8/h3-4H,1-2H3;2-3H,1H3,(H,12,13);2-3,5H,1H3;2-3,5H,1H3,(H,11,12);2-4H,1H3;2-4H,1H3. The van der Waals surface area contributed by atoms with Crippen molar-refractivity contribution in [2.75, 3.05) is 42.7 Å². The molecule has 0 unspecified atom stereocenters. The Labute approximate surface area is 478 Å². The van der Waals surface area contributed by atoms with Crippen molar-refractivity contribution >= 4 is 121 Å². The molecule has 0 atom stereocenters. The minimum absolute atomic E-state index is 0.0164. The molecule has 0 saturated heterocycles. The Morgan fingerprint density at radius 3 is 1.68 bits per heavy atom. The van der Waals surface area contributed by atoms with E-state index in [2.05, 4.69) is 105 Å². The lowest BCUT2D eigenvalue weighted by Crippen LogP contribution is -2.04. The van der Waals surface area contributed by atoms with Crippen LogP contribution in [-0.4, -0.2) is 97.3 Å². The molecule has 79 heavy (non-hydrogen) atoms. The summed E-state index contributed by atoms with van der Waals surface area (Å²) in [7, 11) is 9.92. The number of hydrogen-bond acceptors (Lipinski definition) is 15. The van der Waals surface area contributed by atoms with E-state index in [4.69, 9.17) is 29.5 Å². The Balaban J connectivity index is 0.000000205. The summed E-state index contributed by atoms with van der Waals surface area (Å²) < 4.78 is 98.1. The summed E-state index contributed by atoms with van der Waals surface area (Å²) >= 11 is 12.6. The quantitative estimate of drug-likeness (QED) is 0.0816. The highest BCUT2D eigenvalue weighted by Gasteiger charge is 2.20. The number of carbonyl (C=O) groups is 4. The predicted molar refractivity (Wildman–Crippen MR) is 292 cm³/mol. The first kappa shape index (κ1) is 63.3. The Morgan fingerprint density at radius 2 is 1.14 bits per heavy atom. The molecule has 0 aliphatic carbocycles. The number of halogens is 9. The van der Waals surface area contributed by atoms with Gasteiger partial charge >= 0.3 is 11.9 Å². The van der Waals surface area contributed by atoms with E-state index >= 15 is 0 Å². The Kier molecular flexibility index (Phi) is 24.1. The summed E-state index contributed by atoms with van der Waals surface area (Å²) in [5.41, 5.74) is 2.28. The third-order valence-electron chi connectivity index (χ3n) is 10.3. The number of aromatic nitrogens is 6. The minimum Gasteiger partial charge on any atom is -0.495 e. The highest BCUT2D eigenvalue weighted by molar-refractivity contribution is 9.11. The topological polar surface area (TPSA) is 246 Å². The molecule has 0 bridgehead atoms. The normalized spacial score (nSPS) is 9.95. The van der Waals surface area contributed by atoms with E-state index < -0.39 is 35.2 Å². The highest BCUT2D eigenvalue weighted by atomic mass is 79.9. The molecule has 18 nitrogen and oxygen atoms in total. The molecule has 2 N–H and O–H groups in total. The maximum absolute atomic E-state index is 14.0. The number of aryl methyl sites for hydroxylation is 1. The van der Waals surface area contributed by atoms with Crippen LogP contribution in [-0.2, 0) is 16.5 Å². The van der Waals surface area contributed by atoms with Crippen LogP contribution in [0.1, 0.15) is 52.6 Å². The average molecular weight is 1350 g/mol. The summed E-state index contributed by atoms with van der Waals surface area (Å²) in [6, 6.07) is 22.3. The number of ether oxygens (including phenoxy) is 6. The van der Waals surface area contributed by atoms with Crippen molar-refractivity contribution in [3.05, 3.63) is 166 Å². The zero-order valence-corrected chi connectivity index (χ0v) is 48.2. The molecule has 9 rings (SSSR count). The van der Waals surface area contributed by atoms with Gasteiger partial charge in [0, 0.05) is 36.7 Å². The number of carbonyl (C=O) groups excluding carboxylic acids is 4. The van der Waals surface area contributed by atoms with Crippen molar-refractivity contribution in [3.63, 3.8) is 0 Å². The number of H-pyrrole nitrogens is 2. The average Bonchev–Trinajstić information content (AvgIpc) is 4.29. The Bertz CT molecular complexity index is 3770. The number of aldehydes is 2. The number of nitriles is 2. The predicted octanol–water partition coefficient (Wildman–Crippen LogP) is 12.5. The summed E-state index contributed by atoms with van der Waals surface area (Å²) in [6.45, 7) is 0. The van der Waals surface area contributed by atoms with Crippen LogP contribution in [0.3, 0.4) is 0 Å². The molecular weight excluding hydrogens is 1310 g/mol. The first-order valence-corrected chi connectivity index (χ1v) is 24.8. The maximum atomic E-state index is 14.0. The van der Waals surface area contributed by atoms with E-state index in [1.165, 1.54) is 70.6 Å². The third-order valence-corrected chi connectivity index (χ3v) is 12.7. The smallest absolute Gasteiger partial charge is 0.340 e. The summed E-state index contributed by atoms with van der Waals surface area (Å²) in [5.74, 6) is -2.64. The largest absolute Gasteiger partial charge is 0.495 e. The molecule has 0 spiro atoms. The van der Waals surface area contributed by atoms with Gasteiger partial charge in [-0.2, -0.15) is 25.8 Å². The Hall–Kier alpha value is -8.24. The van der Waals surface area contributed by atoms with Gasteiger partial charge in [-0.25, -0.2) is 31.5 Å². The molecule has 0 aliphatic rings. The number of rotatable bonds is 8. The monoisotopic (exact) mass is 1350 g/mol. The first-order valence-electron chi connectivity index (χ1n) is 21.6. The molecular formula is C52H39Br4F5N8O10. The summed E-state index contributed by atoms with van der Waals surface area (Å²) in [4.78, 5) is 43.1. The Morgan fingerprint density at radius 1 is 0.620 bits per heavy atom. The molecule has 0 amide bonds. The van der Waals surface area contributed by atoms with Crippen molar-refractivity contribution in [3.8, 4) is 35.1 Å². The number of fused-ring (bicyclic) bond motifs is 3. The molecule has 410 valence electrons. The second-order valence-corrected chi connectivity index (χ2v) is 18.2. The fourth-order valence-electron chi connectivity index (χ4n) is 6.41. The van der Waals surface area contributed by atoms with Gasteiger partial charge in [-0.3, -0.25) is 24.5 Å². The highest BCUT2D eigenvalue weighted by Crippen LogP contribution is 2.31. The van der Waals surface area contributed by atoms with E-state index in [0.29, 0.717) is 60.1 Å². The van der Waals surface area contributed by atoms with Crippen LogP contribution in [0.4, 0.5) is 22.0 Å². The van der Waals surface area contributed by atoms with Gasteiger partial charge in [-0.05, 0) is 118 Å². The van der Waals surface area contributed by atoms with Crippen LogP contribution >= 0.6 is 63.7 Å². The number of hydrogen-bond donors (Lipinski definition) is 2. The zero-order chi connectivity index (χ0) is 58.7. The van der Waals surface area contributed by atoms with Crippen molar-refractivity contribution in [2.24, 2.45) is 7.05 Å². The second-order valence-electron chi connectivity index (χ2n) is 14.9. The zero-order valence-electron chi connectivity index (χ0n) is 41.9. The van der Waals surface area contributed by atoms with Crippen LogP contribution in [0.2, 0.25) is 0 Å². The van der Waals surface area contributed by atoms with Gasteiger partial charge in [0.05, 0.1) is 119 Å². The van der Waals surface area contributed by atoms with Crippen molar-refractivity contribution in [2.45, 2.75) is 0 Å². The van der Waals surface area contributed by atoms with E-state index in [9.17, 15) is 41.1 Å². The molecule has 27 heteroatoms. The fourth-order valence-corrected chi connectivity index (χ4v) is 8.42. The lowest BCUT2D eigenvalue weighted by atomic mass is 10.1. The number of nitrogens with zero attached hydrogens (tertiary/aromatic N) is 6. The van der Waals surface area contributed by atoms with E-state index in [-0.39, 0.29) is 50.2 Å². The van der Waals surface area contributed by atoms with Crippen molar-refractivity contribution in [1.29, 1.82) is 10.5 Å². The number of nitrogens with one attached hydrogen (secondary N) is 2. The van der Waals surface area contributed by atoms with Crippen LogP contribution in [0.15, 0.2) is 103 Å². The number of aromatic amines is 2. The second kappa shape index (κ2) is 30.1. The first-order chi connectivity index (χ1) is 37.7. The SMILES string of the molecule is COC(=O)c1ccc2c(c(Br)nn2C)c1F.COC(=O)c1ccc2n[nH]c(Br)c2c1F.COc1cc(F)c(C=O)cc1Br.COc1cc(F)c(C=O)cc1C#N.COc1cc(F)ccc1Br.COc1cc2[nH]ncc2cc1C#N. The molecule has 0 aliphatic heterocycles. The fraction of sp³-hybridized carbons (Fsp3) is 0.135. The summed E-state index contributed by atoms with van der Waals surface area (Å²) in [6.07, 6.45) is 2.49. The summed E-state index contributed by atoms with van der Waals surface area (Å²) in [5, 5.41) is 35.9. The molecule has 6 aromatic carbocycles. The maximum Gasteiger partial charge on any atom is 0.340 e. The molecule has 3 heterocycles. The van der Waals surface area contributed by atoms with Crippen molar-refractivity contribution < 1.29 is 69.6 Å². The van der Waals surface area contributed by atoms with Gasteiger partial charge in [-0.1, -0.05) is 0 Å². The van der Waals surface area contributed by atoms with Gasteiger partial charge < -0.3 is 28.4 Å². The minimum atomic E-state index is -0.706. The van der Waals surface area contributed by atoms with Crippen LogP contribution in [0, 0.1) is 51.7 Å². The lowest BCUT2D eigenvalue weighted by molar-refractivity contribution is 0.0586. The van der Waals surface area contributed by atoms with Gasteiger partial charge in [0.2, 0.25) is 0 Å². The van der Waals surface area contributed by atoms with Crippen LogP contribution in [0.5, 0.6) is 23.0 Å². The van der Waals surface area contributed by atoms with Crippen molar-refractivity contribution in [1.82, 2.24) is 30.2 Å². The van der Waals surface area contributed by atoms with E-state index in [1.807, 2.05) is 0 Å². The number of benzene rings is 6. The van der Waals surface area contributed by atoms with Gasteiger partial charge in [0.25, 0.3) is 0 Å². The third kappa shape index (κ3) is 15.9. The van der Waals surface area contributed by atoms with E-state index in [1.54, 1.807) is 56.8 Å². The van der Waals surface area contributed by atoms with Crippen LogP contribution in [0.25, 0.3) is 32.7 Å². The lowest BCUT2D eigenvalue weighted by Gasteiger charge is -2.03.